The molecule has 0 bridgehead atoms. The Morgan fingerprint density at radius 2 is 1.95 bits per heavy atom. The number of nitrogens with one attached hydrogen (secondary N) is 3. The molecule has 12 nitrogen and oxygen atoms in total. The minimum atomic E-state index is -1.23. The predicted molar refractivity (Wildman–Crippen MR) is 144 cm³/mol. The molecule has 1 aliphatic heterocycles. The molecule has 0 radical (unpaired) electrons. The van der Waals surface area contributed by atoms with Gasteiger partial charge in [0.25, 0.3) is 5.24 Å². The zero-order valence-corrected chi connectivity index (χ0v) is 21.5. The molecule has 2 unspecified atom stereocenters. The maximum atomic E-state index is 13.0. The third-order valence-electron chi connectivity index (χ3n) is 5.75. The van der Waals surface area contributed by atoms with Crippen molar-refractivity contribution in [2.45, 2.75) is 43.9 Å². The van der Waals surface area contributed by atoms with Crippen molar-refractivity contribution in [3.05, 3.63) is 48.0 Å². The fraction of sp³-hybridized carbons (Fsp3) is 0.320. The van der Waals surface area contributed by atoms with Crippen molar-refractivity contribution in [2.75, 3.05) is 17.2 Å². The molecule has 0 aliphatic carbocycles. The monoisotopic (exact) mass is 542 g/mol. The molecule has 2 aromatic carbocycles. The number of carbonyl (C=O) groups is 4. The first-order chi connectivity index (χ1) is 18.1. The zero-order chi connectivity index (χ0) is 27.8. The Morgan fingerprint density at radius 3 is 2.53 bits per heavy atom. The van der Waals surface area contributed by atoms with E-state index < -0.39 is 23.2 Å². The van der Waals surface area contributed by atoms with E-state index in [0.717, 1.165) is 22.2 Å². The van der Waals surface area contributed by atoms with E-state index in [1.165, 1.54) is 0 Å². The summed E-state index contributed by atoms with van der Waals surface area (Å²) >= 11 is 0.949. The number of guanidine groups is 1. The van der Waals surface area contributed by atoms with Crippen LogP contribution in [0.5, 0.6) is 11.5 Å². The van der Waals surface area contributed by atoms with E-state index in [1.807, 2.05) is 0 Å². The minimum Gasteiger partial charge on any atom is -0.480 e. The first-order valence-corrected chi connectivity index (χ1v) is 12.8. The molecule has 8 N–H and O–H groups in total. The van der Waals surface area contributed by atoms with Gasteiger partial charge in [-0.25, -0.2) is 4.79 Å². The summed E-state index contributed by atoms with van der Waals surface area (Å²) in [4.78, 5) is 49.7. The van der Waals surface area contributed by atoms with Crippen molar-refractivity contribution in [2.24, 2.45) is 5.73 Å². The van der Waals surface area contributed by atoms with Crippen LogP contribution >= 0.6 is 11.8 Å². The molecule has 3 rings (SSSR count). The third-order valence-corrected chi connectivity index (χ3v) is 6.73. The van der Waals surface area contributed by atoms with E-state index in [9.17, 15) is 24.3 Å². The average Bonchev–Trinajstić information content (AvgIpc) is 3.18. The number of rotatable bonds is 12. The van der Waals surface area contributed by atoms with Gasteiger partial charge in [-0.15, -0.1) is 0 Å². The van der Waals surface area contributed by atoms with E-state index in [1.54, 1.807) is 49.4 Å². The topological polar surface area (TPSA) is 201 Å². The highest BCUT2D eigenvalue weighted by Crippen LogP contribution is 2.39. The molecular formula is C25H30N6O6S. The summed E-state index contributed by atoms with van der Waals surface area (Å²) < 4.78 is 6.05. The molecule has 0 spiro atoms. The summed E-state index contributed by atoms with van der Waals surface area (Å²) in [5.74, 6) is -1.61. The van der Waals surface area contributed by atoms with Gasteiger partial charge in [0.2, 0.25) is 11.8 Å². The molecule has 0 saturated carbocycles. The van der Waals surface area contributed by atoms with Gasteiger partial charge >= 0.3 is 5.97 Å². The molecule has 1 saturated heterocycles. The van der Waals surface area contributed by atoms with Crippen LogP contribution in [0.1, 0.15) is 31.7 Å². The van der Waals surface area contributed by atoms with Crippen molar-refractivity contribution in [1.29, 1.82) is 5.41 Å². The number of hydrogen-bond donors (Lipinski definition) is 6. The number of amides is 3. The second-order valence-corrected chi connectivity index (χ2v) is 9.66. The van der Waals surface area contributed by atoms with Crippen LogP contribution in [0.4, 0.5) is 16.2 Å². The van der Waals surface area contributed by atoms with Crippen LogP contribution < -0.4 is 31.7 Å². The Hall–Kier alpha value is -4.26. The van der Waals surface area contributed by atoms with Gasteiger partial charge in [0.05, 0.1) is 10.9 Å². The molecule has 13 heteroatoms. The van der Waals surface area contributed by atoms with Crippen LogP contribution in [0.2, 0.25) is 0 Å². The van der Waals surface area contributed by atoms with Gasteiger partial charge in [-0.05, 0) is 49.1 Å². The highest BCUT2D eigenvalue weighted by atomic mass is 32.2. The van der Waals surface area contributed by atoms with E-state index in [0.29, 0.717) is 18.6 Å². The number of carbonyl (C=O) groups excluding carboxylic acids is 3. The quantitative estimate of drug-likeness (QED) is 0.100. The van der Waals surface area contributed by atoms with Crippen LogP contribution in [0.3, 0.4) is 0 Å². The summed E-state index contributed by atoms with van der Waals surface area (Å²) in [5, 5.41) is 21.3. The van der Waals surface area contributed by atoms with E-state index in [2.05, 4.69) is 10.6 Å². The number of aliphatic carboxylic acids is 1. The maximum Gasteiger partial charge on any atom is 0.326 e. The van der Waals surface area contributed by atoms with Crippen molar-refractivity contribution < 1.29 is 29.0 Å². The lowest BCUT2D eigenvalue weighted by Crippen LogP contribution is -2.46. The number of para-hydroxylation sites is 1. The van der Waals surface area contributed by atoms with Crippen molar-refractivity contribution in [3.63, 3.8) is 0 Å². The lowest BCUT2D eigenvalue weighted by atomic mass is 10.1. The molecular weight excluding hydrogens is 512 g/mol. The molecule has 1 fully saturated rings. The Bertz CT molecular complexity index is 1220. The fourth-order valence-corrected chi connectivity index (χ4v) is 4.81. The number of hydrogen-bond acceptors (Lipinski definition) is 8. The number of ether oxygens (including phenoxy) is 1. The Balaban J connectivity index is 1.85. The SMILES string of the molecule is CCC(=O)N(c1c(N)cccc1Oc1ccc(CC2SC(=O)NC2=O)cc1)C(CCCNC(=N)N)C(=O)O. The summed E-state index contributed by atoms with van der Waals surface area (Å²) in [6.45, 7) is 1.89. The molecule has 3 amide bonds. The third kappa shape index (κ3) is 7.16. The van der Waals surface area contributed by atoms with E-state index in [-0.39, 0.29) is 53.6 Å². The fourth-order valence-electron chi connectivity index (χ4n) is 3.95. The van der Waals surface area contributed by atoms with Crippen molar-refractivity contribution in [1.82, 2.24) is 10.6 Å². The van der Waals surface area contributed by atoms with Gasteiger partial charge in [0.15, 0.2) is 11.7 Å². The smallest absolute Gasteiger partial charge is 0.326 e. The van der Waals surface area contributed by atoms with Gasteiger partial charge in [0, 0.05) is 13.0 Å². The molecule has 2 aromatic rings. The molecule has 202 valence electrons. The molecule has 1 heterocycles. The standard InChI is InChI=1S/C25H30N6O6S/c1-2-20(32)31(17(23(34)35)6-4-12-29-24(27)28)21-16(26)5-3-7-18(21)37-15-10-8-14(9-11-15)13-19-22(33)30-25(36)38-19/h3,5,7-11,17,19H,2,4,6,12-13,26H2,1H3,(H,34,35)(H4,27,28,29)(H,30,33,36). The van der Waals surface area contributed by atoms with Gasteiger partial charge in [-0.2, -0.15) is 0 Å². The predicted octanol–water partition coefficient (Wildman–Crippen LogP) is 2.41. The number of carboxylic acid groups (broad SMARTS) is 1. The molecule has 2 atom stereocenters. The number of anilines is 2. The summed E-state index contributed by atoms with van der Waals surface area (Å²) in [6.07, 6.45) is 0.813. The number of nitrogens with zero attached hydrogens (tertiary/aromatic N) is 1. The van der Waals surface area contributed by atoms with Gasteiger partial charge in [0.1, 0.15) is 17.5 Å². The van der Waals surface area contributed by atoms with Crippen molar-refractivity contribution in [3.8, 4) is 11.5 Å². The number of nitrogen functional groups attached to an aromatic ring is 1. The number of imide groups is 1. The highest BCUT2D eigenvalue weighted by Gasteiger charge is 2.34. The van der Waals surface area contributed by atoms with Crippen LogP contribution in [0.15, 0.2) is 42.5 Å². The normalized spacial score (nSPS) is 15.4. The average molecular weight is 543 g/mol. The largest absolute Gasteiger partial charge is 0.480 e. The number of carboxylic acids is 1. The second kappa shape index (κ2) is 12.8. The van der Waals surface area contributed by atoms with Gasteiger partial charge in [-0.1, -0.05) is 36.9 Å². The van der Waals surface area contributed by atoms with Crippen LogP contribution in [0, 0.1) is 5.41 Å². The van der Waals surface area contributed by atoms with Crippen molar-refractivity contribution >= 4 is 52.1 Å². The van der Waals surface area contributed by atoms with Crippen LogP contribution in [0.25, 0.3) is 0 Å². The number of thioether (sulfide) groups is 1. The Morgan fingerprint density at radius 1 is 1.24 bits per heavy atom. The second-order valence-electron chi connectivity index (χ2n) is 8.48. The Kier molecular flexibility index (Phi) is 9.55. The lowest BCUT2D eigenvalue weighted by Gasteiger charge is -2.31. The van der Waals surface area contributed by atoms with E-state index >= 15 is 0 Å². The minimum absolute atomic E-state index is 0.0349. The number of benzene rings is 2. The first kappa shape index (κ1) is 28.3. The number of nitrogens with two attached hydrogens (primary N) is 2. The van der Waals surface area contributed by atoms with Gasteiger partial charge in [-0.3, -0.25) is 30.0 Å². The molecule has 1 aliphatic rings. The summed E-state index contributed by atoms with van der Waals surface area (Å²) in [6, 6.07) is 10.4. The maximum absolute atomic E-state index is 13.0. The summed E-state index contributed by atoms with van der Waals surface area (Å²) in [5.41, 5.74) is 12.7. The van der Waals surface area contributed by atoms with E-state index in [4.69, 9.17) is 21.6 Å². The highest BCUT2D eigenvalue weighted by molar-refractivity contribution is 8.15. The zero-order valence-electron chi connectivity index (χ0n) is 20.7. The molecule has 38 heavy (non-hydrogen) atoms. The Labute approximate surface area is 223 Å². The summed E-state index contributed by atoms with van der Waals surface area (Å²) in [7, 11) is 0. The lowest BCUT2D eigenvalue weighted by molar-refractivity contribution is -0.140. The van der Waals surface area contributed by atoms with Crippen LogP contribution in [-0.4, -0.2) is 51.9 Å². The van der Waals surface area contributed by atoms with Crippen LogP contribution in [-0.2, 0) is 20.8 Å². The molecule has 0 aromatic heterocycles. The van der Waals surface area contributed by atoms with Gasteiger partial charge < -0.3 is 26.6 Å². The first-order valence-electron chi connectivity index (χ1n) is 11.9.